The molecule has 0 heterocycles. The molecule has 1 aromatic carbocycles. The van der Waals surface area contributed by atoms with Crippen LogP contribution in [0.25, 0.3) is 0 Å². The Kier molecular flexibility index (Phi) is 6.70. The van der Waals surface area contributed by atoms with Gasteiger partial charge in [0.25, 0.3) is 0 Å². The third-order valence-electron chi connectivity index (χ3n) is 4.21. The van der Waals surface area contributed by atoms with Crippen molar-refractivity contribution in [2.75, 3.05) is 13.1 Å². The summed E-state index contributed by atoms with van der Waals surface area (Å²) in [4.78, 5) is 2.62. The van der Waals surface area contributed by atoms with Crippen molar-refractivity contribution in [1.29, 1.82) is 0 Å². The van der Waals surface area contributed by atoms with Gasteiger partial charge in [-0.2, -0.15) is 0 Å². The van der Waals surface area contributed by atoms with Crippen LogP contribution in [0.4, 0.5) is 0 Å². The fourth-order valence-electron chi connectivity index (χ4n) is 3.08. The highest BCUT2D eigenvalue weighted by Gasteiger charge is 2.35. The van der Waals surface area contributed by atoms with Gasteiger partial charge in [0.15, 0.2) is 0 Å². The Morgan fingerprint density at radius 1 is 1.10 bits per heavy atom. The summed E-state index contributed by atoms with van der Waals surface area (Å²) in [6.07, 6.45) is 2.12. The predicted octanol–water partition coefficient (Wildman–Crippen LogP) is 3.70. The molecule has 0 saturated heterocycles. The first-order chi connectivity index (χ1) is 9.45. The highest BCUT2D eigenvalue weighted by atomic mass is 15.2. The Balaban J connectivity index is 3.04. The van der Waals surface area contributed by atoms with Crippen LogP contribution in [0.1, 0.15) is 46.6 Å². The molecule has 0 aliphatic rings. The van der Waals surface area contributed by atoms with Gasteiger partial charge in [-0.15, -0.1) is 0 Å². The van der Waals surface area contributed by atoms with Crippen LogP contribution >= 0.6 is 0 Å². The molecule has 1 unspecified atom stereocenters. The molecule has 114 valence electrons. The fourth-order valence-corrected chi connectivity index (χ4v) is 3.08. The van der Waals surface area contributed by atoms with Gasteiger partial charge in [-0.05, 0) is 38.2 Å². The fraction of sp³-hybridized carbons (Fsp3) is 0.667. The maximum absolute atomic E-state index is 6.24. The summed E-state index contributed by atoms with van der Waals surface area (Å²) in [7, 11) is 0. The Labute approximate surface area is 125 Å². The SMILES string of the molecule is CCC(CN)(Cc1ccccc1)N(CC(C)C)C(C)C. The van der Waals surface area contributed by atoms with Gasteiger partial charge in [0.05, 0.1) is 0 Å². The second kappa shape index (κ2) is 7.80. The minimum Gasteiger partial charge on any atom is -0.329 e. The standard InChI is InChI=1S/C18H32N2/c1-6-18(14-19,12-17-10-8-7-9-11-17)20(16(4)5)13-15(2)3/h7-11,15-16H,6,12-14,19H2,1-5H3. The predicted molar refractivity (Wildman–Crippen MR) is 88.9 cm³/mol. The van der Waals surface area contributed by atoms with E-state index in [1.165, 1.54) is 5.56 Å². The highest BCUT2D eigenvalue weighted by molar-refractivity contribution is 5.18. The van der Waals surface area contributed by atoms with E-state index < -0.39 is 0 Å². The van der Waals surface area contributed by atoms with Gasteiger partial charge in [0, 0.05) is 24.7 Å². The maximum Gasteiger partial charge on any atom is 0.0372 e. The molecule has 2 heteroatoms. The lowest BCUT2D eigenvalue weighted by molar-refractivity contribution is 0.0455. The number of benzene rings is 1. The third-order valence-corrected chi connectivity index (χ3v) is 4.21. The van der Waals surface area contributed by atoms with E-state index in [2.05, 4.69) is 69.9 Å². The van der Waals surface area contributed by atoms with Crippen LogP contribution in [-0.2, 0) is 6.42 Å². The maximum atomic E-state index is 6.24. The summed E-state index contributed by atoms with van der Waals surface area (Å²) < 4.78 is 0. The molecule has 0 radical (unpaired) electrons. The first kappa shape index (κ1) is 17.2. The molecular formula is C18H32N2. The molecular weight excluding hydrogens is 244 g/mol. The van der Waals surface area contributed by atoms with Crippen LogP contribution < -0.4 is 5.73 Å². The normalized spacial score (nSPS) is 15.1. The number of nitrogens with two attached hydrogens (primary N) is 1. The Bertz CT molecular complexity index is 366. The molecule has 0 amide bonds. The largest absolute Gasteiger partial charge is 0.329 e. The zero-order chi connectivity index (χ0) is 15.2. The van der Waals surface area contributed by atoms with E-state index in [1.807, 2.05) is 0 Å². The van der Waals surface area contributed by atoms with Gasteiger partial charge >= 0.3 is 0 Å². The summed E-state index contributed by atoms with van der Waals surface area (Å²) in [6.45, 7) is 13.2. The molecule has 0 fully saturated rings. The second-order valence-electron chi connectivity index (χ2n) is 6.58. The molecule has 1 rings (SSSR count). The van der Waals surface area contributed by atoms with Gasteiger partial charge in [-0.1, -0.05) is 51.1 Å². The first-order valence-corrected chi connectivity index (χ1v) is 7.96. The van der Waals surface area contributed by atoms with Crippen LogP contribution in [0, 0.1) is 5.92 Å². The molecule has 2 N–H and O–H groups in total. The lowest BCUT2D eigenvalue weighted by Gasteiger charge is -2.46. The van der Waals surface area contributed by atoms with Crippen LogP contribution in [0.5, 0.6) is 0 Å². The van der Waals surface area contributed by atoms with E-state index in [4.69, 9.17) is 5.73 Å². The minimum atomic E-state index is 0.0692. The summed E-state index contributed by atoms with van der Waals surface area (Å²) in [5.41, 5.74) is 7.69. The molecule has 1 aromatic rings. The average molecular weight is 276 g/mol. The zero-order valence-corrected chi connectivity index (χ0v) is 13.9. The van der Waals surface area contributed by atoms with Crippen LogP contribution in [-0.4, -0.2) is 29.6 Å². The van der Waals surface area contributed by atoms with Crippen molar-refractivity contribution < 1.29 is 0 Å². The van der Waals surface area contributed by atoms with Crippen molar-refractivity contribution in [3.8, 4) is 0 Å². The van der Waals surface area contributed by atoms with E-state index in [0.717, 1.165) is 19.4 Å². The van der Waals surface area contributed by atoms with Gasteiger partial charge in [0.2, 0.25) is 0 Å². The summed E-state index contributed by atoms with van der Waals surface area (Å²) in [6, 6.07) is 11.3. The van der Waals surface area contributed by atoms with Crippen LogP contribution in [0.15, 0.2) is 30.3 Å². The molecule has 0 aliphatic heterocycles. The summed E-state index contributed by atoms with van der Waals surface area (Å²) in [5.74, 6) is 0.658. The molecule has 0 aliphatic carbocycles. The van der Waals surface area contributed by atoms with Crippen molar-refractivity contribution >= 4 is 0 Å². The second-order valence-corrected chi connectivity index (χ2v) is 6.58. The van der Waals surface area contributed by atoms with Crippen molar-refractivity contribution in [3.63, 3.8) is 0 Å². The van der Waals surface area contributed by atoms with Crippen LogP contribution in [0.2, 0.25) is 0 Å². The van der Waals surface area contributed by atoms with Crippen molar-refractivity contribution in [2.24, 2.45) is 11.7 Å². The molecule has 0 saturated carbocycles. The Hall–Kier alpha value is -0.860. The summed E-state index contributed by atoms with van der Waals surface area (Å²) in [5, 5.41) is 0. The van der Waals surface area contributed by atoms with Gasteiger partial charge in [0.1, 0.15) is 0 Å². The quantitative estimate of drug-likeness (QED) is 0.784. The molecule has 0 aromatic heterocycles. The average Bonchev–Trinajstić information content (AvgIpc) is 2.43. The Morgan fingerprint density at radius 3 is 2.10 bits per heavy atom. The van der Waals surface area contributed by atoms with Gasteiger partial charge in [-0.25, -0.2) is 0 Å². The number of nitrogens with zero attached hydrogens (tertiary/aromatic N) is 1. The van der Waals surface area contributed by atoms with E-state index in [0.29, 0.717) is 18.5 Å². The van der Waals surface area contributed by atoms with Crippen molar-refractivity contribution in [1.82, 2.24) is 4.90 Å². The van der Waals surface area contributed by atoms with Crippen LogP contribution in [0.3, 0.4) is 0 Å². The number of hydrogen-bond donors (Lipinski definition) is 1. The minimum absolute atomic E-state index is 0.0692. The first-order valence-electron chi connectivity index (χ1n) is 7.96. The highest BCUT2D eigenvalue weighted by Crippen LogP contribution is 2.27. The lowest BCUT2D eigenvalue weighted by atomic mass is 9.84. The van der Waals surface area contributed by atoms with E-state index in [-0.39, 0.29) is 5.54 Å². The monoisotopic (exact) mass is 276 g/mol. The molecule has 0 bridgehead atoms. The van der Waals surface area contributed by atoms with Crippen molar-refractivity contribution in [3.05, 3.63) is 35.9 Å². The molecule has 1 atom stereocenters. The topological polar surface area (TPSA) is 29.3 Å². The summed E-state index contributed by atoms with van der Waals surface area (Å²) >= 11 is 0. The molecule has 0 spiro atoms. The van der Waals surface area contributed by atoms with Gasteiger partial charge in [-0.3, -0.25) is 4.90 Å². The molecule has 20 heavy (non-hydrogen) atoms. The van der Waals surface area contributed by atoms with E-state index in [1.54, 1.807) is 0 Å². The smallest absolute Gasteiger partial charge is 0.0372 e. The Morgan fingerprint density at radius 2 is 1.70 bits per heavy atom. The number of rotatable bonds is 8. The zero-order valence-electron chi connectivity index (χ0n) is 13.9. The molecule has 2 nitrogen and oxygen atoms in total. The van der Waals surface area contributed by atoms with E-state index in [9.17, 15) is 0 Å². The van der Waals surface area contributed by atoms with E-state index >= 15 is 0 Å². The van der Waals surface area contributed by atoms with Crippen molar-refractivity contribution in [2.45, 2.75) is 59.0 Å². The third kappa shape index (κ3) is 4.32. The number of hydrogen-bond acceptors (Lipinski definition) is 2. The lowest BCUT2D eigenvalue weighted by Crippen LogP contribution is -2.58. The van der Waals surface area contributed by atoms with Gasteiger partial charge < -0.3 is 5.73 Å².